The van der Waals surface area contributed by atoms with Gasteiger partial charge in [0.15, 0.2) is 0 Å². The van der Waals surface area contributed by atoms with E-state index in [1.54, 1.807) is 61.5 Å². The SMILES string of the molecule is C=CCCOC(=O)C(C)(C)CC(C)(CC)C(=O)OC.CCC(C)(CC(C)(C)C(=O)OCC/C=C/CCOC(=O)C(C)(C)CC(C)(CC)C(=O)OC)C(=O)OC. The molecule has 0 spiro atoms. The van der Waals surface area contributed by atoms with Crippen molar-refractivity contribution in [2.24, 2.45) is 32.5 Å². The molecule has 0 aromatic heterocycles. The Labute approximate surface area is 331 Å². The smallest absolute Gasteiger partial charge is 0.311 e. The van der Waals surface area contributed by atoms with Crippen LogP contribution in [0.25, 0.3) is 0 Å². The number of hydrogen-bond donors (Lipinski definition) is 0. The molecule has 3 atom stereocenters. The van der Waals surface area contributed by atoms with Gasteiger partial charge in [0.1, 0.15) is 0 Å². The van der Waals surface area contributed by atoms with Crippen LogP contribution in [0.4, 0.5) is 0 Å². The summed E-state index contributed by atoms with van der Waals surface area (Å²) in [4.78, 5) is 73.3. The van der Waals surface area contributed by atoms with Gasteiger partial charge < -0.3 is 28.4 Å². The summed E-state index contributed by atoms with van der Waals surface area (Å²) in [6, 6.07) is 0. The first-order chi connectivity index (χ1) is 25.3. The topological polar surface area (TPSA) is 158 Å². The van der Waals surface area contributed by atoms with Gasteiger partial charge in [0.25, 0.3) is 0 Å². The molecular formula is C43H74O12. The molecule has 0 saturated heterocycles. The van der Waals surface area contributed by atoms with Crippen LogP contribution in [0, 0.1) is 32.5 Å². The van der Waals surface area contributed by atoms with Crippen LogP contribution in [-0.4, -0.2) is 77.0 Å². The lowest BCUT2D eigenvalue weighted by atomic mass is 9.72. The second-order valence-electron chi connectivity index (χ2n) is 16.9. The van der Waals surface area contributed by atoms with Crippen molar-refractivity contribution in [3.8, 4) is 0 Å². The molecule has 3 unspecified atom stereocenters. The minimum absolute atomic E-state index is 0.218. The fraction of sp³-hybridized carbons (Fsp3) is 0.767. The van der Waals surface area contributed by atoms with Crippen LogP contribution in [0.15, 0.2) is 24.8 Å². The Hall–Kier alpha value is -3.70. The van der Waals surface area contributed by atoms with E-state index in [9.17, 15) is 28.8 Å². The molecule has 0 heterocycles. The van der Waals surface area contributed by atoms with E-state index in [4.69, 9.17) is 28.4 Å². The van der Waals surface area contributed by atoms with Crippen LogP contribution in [0.1, 0.15) is 141 Å². The van der Waals surface area contributed by atoms with Gasteiger partial charge in [-0.1, -0.05) is 39.0 Å². The van der Waals surface area contributed by atoms with Crippen LogP contribution in [0.2, 0.25) is 0 Å². The molecule has 0 amide bonds. The largest absolute Gasteiger partial charge is 0.469 e. The molecule has 0 rings (SSSR count). The predicted octanol–water partition coefficient (Wildman–Crippen LogP) is 8.53. The maximum absolute atomic E-state index is 12.6. The molecule has 0 aromatic rings. The zero-order valence-corrected chi connectivity index (χ0v) is 36.8. The van der Waals surface area contributed by atoms with Crippen molar-refractivity contribution >= 4 is 35.8 Å². The zero-order chi connectivity index (χ0) is 43.3. The minimum Gasteiger partial charge on any atom is -0.469 e. The summed E-state index contributed by atoms with van der Waals surface area (Å²) in [6.07, 6.45) is 9.91. The second kappa shape index (κ2) is 24.0. The Morgan fingerprint density at radius 1 is 0.436 bits per heavy atom. The van der Waals surface area contributed by atoms with Crippen molar-refractivity contribution in [2.75, 3.05) is 41.2 Å². The molecule has 12 nitrogen and oxygen atoms in total. The Kier molecular flexibility index (Phi) is 23.3. The standard InChI is InChI=1S/C28H48O8.C15H26O4/c1-11-27(7,23(31)33-9)19-25(3,4)21(29)35-17-15-13-14-16-18-36-22(30)26(5,6)20-28(8,12-2)24(32)34-10;1-7-9-10-19-12(16)14(3,4)11-15(5,8-2)13(17)18-6/h13-14H,11-12,15-20H2,1-10H3;7H,1,8-11H2,2-6H3/b14-13+;. The summed E-state index contributed by atoms with van der Waals surface area (Å²) in [5, 5.41) is 0. The van der Waals surface area contributed by atoms with Crippen molar-refractivity contribution in [1.82, 2.24) is 0 Å². The lowest BCUT2D eigenvalue weighted by Crippen LogP contribution is -2.38. The van der Waals surface area contributed by atoms with Gasteiger partial charge in [0.2, 0.25) is 0 Å². The number of esters is 6. The summed E-state index contributed by atoms with van der Waals surface area (Å²) in [6.45, 7) is 26.1. The number of hydrogen-bond acceptors (Lipinski definition) is 12. The van der Waals surface area contributed by atoms with Gasteiger partial charge >= 0.3 is 35.8 Å². The monoisotopic (exact) mass is 783 g/mol. The average molecular weight is 783 g/mol. The molecular weight excluding hydrogens is 708 g/mol. The normalized spacial score (nSPS) is 15.1. The Morgan fingerprint density at radius 3 is 0.873 bits per heavy atom. The van der Waals surface area contributed by atoms with Crippen LogP contribution < -0.4 is 0 Å². The fourth-order valence-corrected chi connectivity index (χ4v) is 6.40. The molecule has 0 saturated carbocycles. The summed E-state index contributed by atoms with van der Waals surface area (Å²) in [5.74, 6) is -1.97. The van der Waals surface area contributed by atoms with E-state index in [-0.39, 0.29) is 49.0 Å². The highest BCUT2D eigenvalue weighted by Crippen LogP contribution is 2.40. The van der Waals surface area contributed by atoms with Crippen LogP contribution in [0.5, 0.6) is 0 Å². The first-order valence-electron chi connectivity index (χ1n) is 19.3. The number of methoxy groups -OCH3 is 3. The molecule has 0 aliphatic heterocycles. The Bertz CT molecular complexity index is 1230. The van der Waals surface area contributed by atoms with E-state index in [2.05, 4.69) is 6.58 Å². The molecule has 0 aromatic carbocycles. The maximum atomic E-state index is 12.6. The number of carbonyl (C=O) groups excluding carboxylic acids is 6. The average Bonchev–Trinajstić information content (AvgIpc) is 3.13. The van der Waals surface area contributed by atoms with Gasteiger partial charge in [-0.25, -0.2) is 0 Å². The van der Waals surface area contributed by atoms with E-state index in [1.165, 1.54) is 21.3 Å². The first kappa shape index (κ1) is 53.4. The zero-order valence-electron chi connectivity index (χ0n) is 36.8. The van der Waals surface area contributed by atoms with Gasteiger partial charge in [0, 0.05) is 0 Å². The van der Waals surface area contributed by atoms with Crippen LogP contribution in [0.3, 0.4) is 0 Å². The molecule has 0 bridgehead atoms. The van der Waals surface area contributed by atoms with E-state index in [0.29, 0.717) is 64.4 Å². The Morgan fingerprint density at radius 2 is 0.673 bits per heavy atom. The second-order valence-corrected chi connectivity index (χ2v) is 16.9. The van der Waals surface area contributed by atoms with Crippen LogP contribution in [-0.2, 0) is 57.2 Å². The Balaban J connectivity index is 0. The van der Waals surface area contributed by atoms with E-state index >= 15 is 0 Å². The molecule has 0 aliphatic rings. The van der Waals surface area contributed by atoms with E-state index in [1.807, 2.05) is 39.8 Å². The van der Waals surface area contributed by atoms with E-state index < -0.39 is 32.5 Å². The highest BCUT2D eigenvalue weighted by Gasteiger charge is 2.44. The fourth-order valence-electron chi connectivity index (χ4n) is 6.40. The maximum Gasteiger partial charge on any atom is 0.311 e. The predicted molar refractivity (Wildman–Crippen MR) is 213 cm³/mol. The highest BCUT2D eigenvalue weighted by molar-refractivity contribution is 5.82. The molecule has 55 heavy (non-hydrogen) atoms. The van der Waals surface area contributed by atoms with Crippen molar-refractivity contribution in [3.05, 3.63) is 24.8 Å². The third-order valence-electron chi connectivity index (χ3n) is 10.3. The molecule has 0 fully saturated rings. The molecule has 0 N–H and O–H groups in total. The molecule has 12 heteroatoms. The third kappa shape index (κ3) is 17.8. The summed E-state index contributed by atoms with van der Waals surface area (Å²) >= 11 is 0. The van der Waals surface area contributed by atoms with Gasteiger partial charge in [-0.15, -0.1) is 6.58 Å². The summed E-state index contributed by atoms with van der Waals surface area (Å²) in [7, 11) is 4.07. The van der Waals surface area contributed by atoms with E-state index in [0.717, 1.165) is 0 Å². The van der Waals surface area contributed by atoms with Gasteiger partial charge in [-0.2, -0.15) is 0 Å². The number of rotatable bonds is 24. The van der Waals surface area contributed by atoms with Gasteiger partial charge in [-0.05, 0) is 120 Å². The van der Waals surface area contributed by atoms with Crippen LogP contribution >= 0.6 is 0 Å². The van der Waals surface area contributed by atoms with Crippen molar-refractivity contribution < 1.29 is 57.2 Å². The first-order valence-corrected chi connectivity index (χ1v) is 19.3. The third-order valence-corrected chi connectivity index (χ3v) is 10.3. The molecule has 0 radical (unpaired) electrons. The lowest BCUT2D eigenvalue weighted by molar-refractivity contribution is -0.162. The molecule has 318 valence electrons. The number of carbonyl (C=O) groups is 6. The summed E-state index contributed by atoms with van der Waals surface area (Å²) < 4.78 is 30.7. The quantitative estimate of drug-likeness (QED) is 0.0398. The lowest BCUT2D eigenvalue weighted by Gasteiger charge is -2.33. The van der Waals surface area contributed by atoms with Crippen molar-refractivity contribution in [1.29, 1.82) is 0 Å². The van der Waals surface area contributed by atoms with Crippen molar-refractivity contribution in [2.45, 2.75) is 141 Å². The highest BCUT2D eigenvalue weighted by atomic mass is 16.5. The summed E-state index contributed by atoms with van der Waals surface area (Å²) in [5.41, 5.74) is -4.55. The minimum atomic E-state index is -0.828. The number of ether oxygens (including phenoxy) is 6. The van der Waals surface area contributed by atoms with Crippen molar-refractivity contribution in [3.63, 3.8) is 0 Å². The van der Waals surface area contributed by atoms with Gasteiger partial charge in [0.05, 0.1) is 73.6 Å². The molecule has 0 aliphatic carbocycles. The van der Waals surface area contributed by atoms with Gasteiger partial charge in [-0.3, -0.25) is 28.8 Å².